The van der Waals surface area contributed by atoms with Gasteiger partial charge in [-0.25, -0.2) is 9.18 Å². The second-order valence-electron chi connectivity index (χ2n) is 2.56. The molecule has 8 heteroatoms. The largest absolute Gasteiger partial charge is 0.573 e. The van der Waals surface area contributed by atoms with Crippen molar-refractivity contribution in [2.24, 2.45) is 5.73 Å². The number of halogens is 4. The van der Waals surface area contributed by atoms with Gasteiger partial charge in [-0.15, -0.1) is 13.2 Å². The number of nitrogens with two attached hydrogens (primary N) is 1. The third-order valence-corrected chi connectivity index (χ3v) is 1.35. The van der Waals surface area contributed by atoms with Crippen molar-refractivity contribution < 1.29 is 31.8 Å². The molecule has 0 aliphatic carbocycles. The summed E-state index contributed by atoms with van der Waals surface area (Å²) in [5, 5.41) is 0. The first-order valence-electron chi connectivity index (χ1n) is 3.80. The first kappa shape index (κ1) is 12.1. The third kappa shape index (κ3) is 3.64. The number of carbonyl (C=O) groups excluding carboxylic acids is 1. The number of hydrogen-bond donors (Lipinski definition) is 1. The molecule has 0 unspecified atom stereocenters. The lowest BCUT2D eigenvalue weighted by Crippen LogP contribution is -2.19. The van der Waals surface area contributed by atoms with E-state index in [9.17, 15) is 22.4 Å². The van der Waals surface area contributed by atoms with Crippen molar-refractivity contribution in [1.82, 2.24) is 0 Å². The Balaban J connectivity index is 2.95. The van der Waals surface area contributed by atoms with E-state index in [1.54, 1.807) is 0 Å². The average molecular weight is 239 g/mol. The van der Waals surface area contributed by atoms with Crippen LogP contribution >= 0.6 is 0 Å². The Hall–Kier alpha value is -1.99. The SMILES string of the molecule is NC(=O)Oc1ccc(F)c(OC(F)(F)F)c1. The number of primary amides is 1. The van der Waals surface area contributed by atoms with Gasteiger partial charge in [0.1, 0.15) is 5.75 Å². The molecule has 1 aromatic carbocycles. The Morgan fingerprint density at radius 3 is 2.44 bits per heavy atom. The van der Waals surface area contributed by atoms with Gasteiger partial charge in [0.25, 0.3) is 0 Å². The molecule has 0 fully saturated rings. The standard InChI is InChI=1S/C8H5F4NO3/c9-5-2-1-4(15-7(13)14)3-6(5)16-8(10,11)12/h1-3H,(H2,13,14). The molecule has 16 heavy (non-hydrogen) atoms. The van der Waals surface area contributed by atoms with Crippen molar-refractivity contribution in [2.45, 2.75) is 6.36 Å². The van der Waals surface area contributed by atoms with Crippen LogP contribution in [0.4, 0.5) is 22.4 Å². The van der Waals surface area contributed by atoms with Crippen molar-refractivity contribution in [2.75, 3.05) is 0 Å². The summed E-state index contributed by atoms with van der Waals surface area (Å²) < 4.78 is 55.8. The molecule has 0 saturated heterocycles. The number of carbonyl (C=O) groups is 1. The molecule has 2 N–H and O–H groups in total. The predicted molar refractivity (Wildman–Crippen MR) is 43.3 cm³/mol. The fourth-order valence-corrected chi connectivity index (χ4v) is 0.866. The summed E-state index contributed by atoms with van der Waals surface area (Å²) in [5.41, 5.74) is 4.62. The Morgan fingerprint density at radius 2 is 1.94 bits per heavy atom. The lowest BCUT2D eigenvalue weighted by molar-refractivity contribution is -0.275. The highest BCUT2D eigenvalue weighted by Gasteiger charge is 2.32. The molecule has 0 atom stereocenters. The van der Waals surface area contributed by atoms with Gasteiger partial charge in [-0.1, -0.05) is 0 Å². The minimum atomic E-state index is -5.04. The van der Waals surface area contributed by atoms with Gasteiger partial charge in [-0.3, -0.25) is 0 Å². The van der Waals surface area contributed by atoms with E-state index < -0.39 is 24.0 Å². The van der Waals surface area contributed by atoms with E-state index in [1.165, 1.54) is 0 Å². The minimum absolute atomic E-state index is 0.354. The molecule has 0 aliphatic heterocycles. The van der Waals surface area contributed by atoms with E-state index in [-0.39, 0.29) is 5.75 Å². The van der Waals surface area contributed by atoms with Gasteiger partial charge in [0.2, 0.25) is 0 Å². The highest BCUT2D eigenvalue weighted by Crippen LogP contribution is 2.28. The van der Waals surface area contributed by atoms with Crippen LogP contribution in [-0.4, -0.2) is 12.5 Å². The number of benzene rings is 1. The van der Waals surface area contributed by atoms with Gasteiger partial charge in [-0.05, 0) is 12.1 Å². The Morgan fingerprint density at radius 1 is 1.31 bits per heavy atom. The van der Waals surface area contributed by atoms with Crippen LogP contribution in [0.25, 0.3) is 0 Å². The van der Waals surface area contributed by atoms with Gasteiger partial charge < -0.3 is 15.2 Å². The van der Waals surface area contributed by atoms with Crippen LogP contribution < -0.4 is 15.2 Å². The van der Waals surface area contributed by atoms with E-state index in [0.717, 1.165) is 6.07 Å². The number of rotatable bonds is 2. The zero-order valence-electron chi connectivity index (χ0n) is 7.55. The Kier molecular flexibility index (Phi) is 3.21. The molecule has 0 aliphatic rings. The molecule has 1 amide bonds. The van der Waals surface area contributed by atoms with E-state index >= 15 is 0 Å². The van der Waals surface area contributed by atoms with Crippen LogP contribution in [0.1, 0.15) is 0 Å². The Bertz CT molecular complexity index is 405. The third-order valence-electron chi connectivity index (χ3n) is 1.35. The van der Waals surface area contributed by atoms with Crippen LogP contribution in [0.15, 0.2) is 18.2 Å². The predicted octanol–water partition coefficient (Wildman–Crippen LogP) is 2.18. The van der Waals surface area contributed by atoms with Gasteiger partial charge in [0, 0.05) is 6.07 Å². The molecule has 4 nitrogen and oxygen atoms in total. The molecule has 88 valence electrons. The van der Waals surface area contributed by atoms with E-state index in [4.69, 9.17) is 0 Å². The molecule has 1 rings (SSSR count). The Labute approximate surface area is 86.6 Å². The van der Waals surface area contributed by atoms with E-state index in [2.05, 4.69) is 15.2 Å². The van der Waals surface area contributed by atoms with Crippen LogP contribution in [0.3, 0.4) is 0 Å². The lowest BCUT2D eigenvalue weighted by atomic mass is 10.3. The maximum atomic E-state index is 12.8. The number of amides is 1. The van der Waals surface area contributed by atoms with Crippen LogP contribution in [0.2, 0.25) is 0 Å². The summed E-state index contributed by atoms with van der Waals surface area (Å²) in [5.74, 6) is -2.70. The fraction of sp³-hybridized carbons (Fsp3) is 0.125. The van der Waals surface area contributed by atoms with Crippen LogP contribution in [0.5, 0.6) is 11.5 Å². The molecule has 1 aromatic rings. The fourth-order valence-electron chi connectivity index (χ4n) is 0.866. The zero-order valence-corrected chi connectivity index (χ0v) is 7.55. The van der Waals surface area contributed by atoms with Crippen molar-refractivity contribution in [3.05, 3.63) is 24.0 Å². The molecule has 0 saturated carbocycles. The maximum Gasteiger partial charge on any atom is 0.573 e. The molecular formula is C8H5F4NO3. The van der Waals surface area contributed by atoms with Crippen LogP contribution in [-0.2, 0) is 0 Å². The summed E-state index contributed by atoms with van der Waals surface area (Å²) in [4.78, 5) is 10.3. The molecule has 0 bridgehead atoms. The molecular weight excluding hydrogens is 234 g/mol. The summed E-state index contributed by atoms with van der Waals surface area (Å²) >= 11 is 0. The second kappa shape index (κ2) is 4.25. The van der Waals surface area contributed by atoms with Gasteiger partial charge in [-0.2, -0.15) is 0 Å². The molecule has 0 spiro atoms. The number of ether oxygens (including phenoxy) is 2. The maximum absolute atomic E-state index is 12.8. The summed E-state index contributed by atoms with van der Waals surface area (Å²) in [6.07, 6.45) is -6.27. The summed E-state index contributed by atoms with van der Waals surface area (Å²) in [6, 6.07) is 2.15. The van der Waals surface area contributed by atoms with E-state index in [0.29, 0.717) is 12.1 Å². The smallest absolute Gasteiger partial charge is 0.410 e. The van der Waals surface area contributed by atoms with Crippen molar-refractivity contribution in [3.8, 4) is 11.5 Å². The van der Waals surface area contributed by atoms with Gasteiger partial charge in [0.05, 0.1) is 0 Å². The van der Waals surface area contributed by atoms with Gasteiger partial charge in [0.15, 0.2) is 11.6 Å². The molecule has 0 heterocycles. The van der Waals surface area contributed by atoms with Crippen LogP contribution in [0, 0.1) is 5.82 Å². The van der Waals surface area contributed by atoms with Crippen molar-refractivity contribution in [3.63, 3.8) is 0 Å². The molecule has 0 aromatic heterocycles. The lowest BCUT2D eigenvalue weighted by Gasteiger charge is -2.10. The zero-order chi connectivity index (χ0) is 12.3. The van der Waals surface area contributed by atoms with Crippen molar-refractivity contribution >= 4 is 6.09 Å². The topological polar surface area (TPSA) is 61.6 Å². The number of alkyl halides is 3. The summed E-state index contributed by atoms with van der Waals surface area (Å²) in [7, 11) is 0. The number of hydrogen-bond acceptors (Lipinski definition) is 3. The van der Waals surface area contributed by atoms with Crippen molar-refractivity contribution in [1.29, 1.82) is 0 Å². The first-order valence-corrected chi connectivity index (χ1v) is 3.80. The normalized spacial score (nSPS) is 11.0. The highest BCUT2D eigenvalue weighted by molar-refractivity contribution is 5.68. The monoisotopic (exact) mass is 239 g/mol. The quantitative estimate of drug-likeness (QED) is 0.804. The summed E-state index contributed by atoms with van der Waals surface area (Å²) in [6.45, 7) is 0. The minimum Gasteiger partial charge on any atom is -0.410 e. The highest BCUT2D eigenvalue weighted by atomic mass is 19.4. The van der Waals surface area contributed by atoms with Gasteiger partial charge >= 0.3 is 12.5 Å². The van der Waals surface area contributed by atoms with E-state index in [1.807, 2.05) is 0 Å². The first-order chi connectivity index (χ1) is 7.28. The second-order valence-corrected chi connectivity index (χ2v) is 2.56. The molecule has 0 radical (unpaired) electrons. The average Bonchev–Trinajstić information content (AvgIpc) is 2.07.